The summed E-state index contributed by atoms with van der Waals surface area (Å²) in [6, 6.07) is 8.18. The van der Waals surface area contributed by atoms with Crippen molar-refractivity contribution in [3.05, 3.63) is 24.3 Å². The molecule has 1 aromatic carbocycles. The van der Waals surface area contributed by atoms with Crippen molar-refractivity contribution in [2.75, 3.05) is 37.8 Å². The molecule has 1 saturated carbocycles. The molecular formula is C18H30N4OS. The van der Waals surface area contributed by atoms with Crippen molar-refractivity contribution in [2.24, 2.45) is 22.6 Å². The van der Waals surface area contributed by atoms with Crippen LogP contribution < -0.4 is 16.4 Å². The summed E-state index contributed by atoms with van der Waals surface area (Å²) in [5.74, 6) is 1.99. The molecule has 1 aromatic rings. The fourth-order valence-electron chi connectivity index (χ4n) is 3.19. The number of hydrogen-bond acceptors (Lipinski definition) is 4. The maximum atomic E-state index is 9.10. The van der Waals surface area contributed by atoms with E-state index >= 15 is 0 Å². The van der Waals surface area contributed by atoms with E-state index in [1.165, 1.54) is 30.6 Å². The summed E-state index contributed by atoms with van der Waals surface area (Å²) >= 11 is 1.70. The Bertz CT molecular complexity index is 523. The zero-order chi connectivity index (χ0) is 17.2. The van der Waals surface area contributed by atoms with E-state index in [0.717, 1.165) is 24.7 Å². The molecule has 1 fully saturated rings. The van der Waals surface area contributed by atoms with Crippen molar-refractivity contribution in [1.82, 2.24) is 5.32 Å². The lowest BCUT2D eigenvalue weighted by Crippen LogP contribution is -2.34. The number of anilines is 1. The van der Waals surface area contributed by atoms with Gasteiger partial charge in [0.25, 0.3) is 0 Å². The third-order valence-electron chi connectivity index (χ3n) is 4.50. The topological polar surface area (TPSA) is 82.7 Å². The molecule has 2 atom stereocenters. The van der Waals surface area contributed by atoms with Crippen LogP contribution in [-0.4, -0.2) is 43.6 Å². The predicted molar refractivity (Wildman–Crippen MR) is 104 cm³/mol. The summed E-state index contributed by atoms with van der Waals surface area (Å²) in [5, 5.41) is 15.7. The van der Waals surface area contributed by atoms with Crippen molar-refractivity contribution >= 4 is 23.4 Å². The Morgan fingerprint density at radius 1 is 1.33 bits per heavy atom. The first kappa shape index (κ1) is 19.1. The Kier molecular flexibility index (Phi) is 8.42. The lowest BCUT2D eigenvalue weighted by atomic mass is 9.81. The van der Waals surface area contributed by atoms with Crippen LogP contribution in [0.4, 0.5) is 5.69 Å². The zero-order valence-corrected chi connectivity index (χ0v) is 15.3. The standard InChI is InChI=1S/C18H30N4OS/c1-24-17-8-3-2-7-16(17)22-18(20-9-10-23)21-13-15-6-4-5-14(11-15)12-19/h2-3,7-8,14-15,23H,4-6,9-13,19H2,1H3,(H2,20,21,22). The summed E-state index contributed by atoms with van der Waals surface area (Å²) < 4.78 is 0. The first-order valence-corrected chi connectivity index (χ1v) is 9.98. The molecule has 2 rings (SSSR count). The van der Waals surface area contributed by atoms with Crippen molar-refractivity contribution in [1.29, 1.82) is 0 Å². The van der Waals surface area contributed by atoms with Gasteiger partial charge in [-0.1, -0.05) is 18.6 Å². The van der Waals surface area contributed by atoms with Crippen LogP contribution in [0.25, 0.3) is 0 Å². The number of aliphatic hydroxyl groups excluding tert-OH is 1. The van der Waals surface area contributed by atoms with Crippen LogP contribution >= 0.6 is 11.8 Å². The van der Waals surface area contributed by atoms with Crippen LogP contribution in [0.5, 0.6) is 0 Å². The smallest absolute Gasteiger partial charge is 0.195 e. The first-order valence-electron chi connectivity index (χ1n) is 8.76. The van der Waals surface area contributed by atoms with Gasteiger partial charge in [0.2, 0.25) is 0 Å². The van der Waals surface area contributed by atoms with Gasteiger partial charge in [-0.05, 0) is 56.0 Å². The molecule has 0 bridgehead atoms. The van der Waals surface area contributed by atoms with Gasteiger partial charge < -0.3 is 21.5 Å². The summed E-state index contributed by atoms with van der Waals surface area (Å²) in [6.45, 7) is 2.17. The molecule has 2 unspecified atom stereocenters. The average Bonchev–Trinajstić information content (AvgIpc) is 2.64. The number of thioether (sulfide) groups is 1. The first-order chi connectivity index (χ1) is 11.8. The summed E-state index contributed by atoms with van der Waals surface area (Å²) in [4.78, 5) is 5.94. The highest BCUT2D eigenvalue weighted by atomic mass is 32.2. The minimum atomic E-state index is 0.0869. The number of nitrogens with one attached hydrogen (secondary N) is 2. The summed E-state index contributed by atoms with van der Waals surface area (Å²) in [6.07, 6.45) is 6.98. The number of benzene rings is 1. The molecule has 6 heteroatoms. The van der Waals surface area contributed by atoms with E-state index in [1.54, 1.807) is 11.8 Å². The van der Waals surface area contributed by atoms with Gasteiger partial charge in [-0.15, -0.1) is 11.8 Å². The number of para-hydroxylation sites is 1. The van der Waals surface area contributed by atoms with Crippen LogP contribution in [-0.2, 0) is 0 Å². The third-order valence-corrected chi connectivity index (χ3v) is 5.29. The monoisotopic (exact) mass is 350 g/mol. The molecule has 0 amide bonds. The molecule has 134 valence electrons. The molecular weight excluding hydrogens is 320 g/mol. The molecule has 0 aliphatic heterocycles. The number of aliphatic imine (C=N–C) groups is 1. The number of nitrogens with zero attached hydrogens (tertiary/aromatic N) is 1. The summed E-state index contributed by atoms with van der Waals surface area (Å²) in [5.41, 5.74) is 6.87. The van der Waals surface area contributed by atoms with E-state index in [4.69, 9.17) is 15.8 Å². The van der Waals surface area contributed by atoms with E-state index in [0.29, 0.717) is 18.4 Å². The Labute approximate surface area is 149 Å². The van der Waals surface area contributed by atoms with E-state index in [9.17, 15) is 0 Å². The minimum absolute atomic E-state index is 0.0869. The lowest BCUT2D eigenvalue weighted by Gasteiger charge is -2.27. The van der Waals surface area contributed by atoms with Gasteiger partial charge in [-0.3, -0.25) is 4.99 Å². The number of hydrogen-bond donors (Lipinski definition) is 4. The largest absolute Gasteiger partial charge is 0.395 e. The Balaban J connectivity index is 2.01. The lowest BCUT2D eigenvalue weighted by molar-refractivity contribution is 0.277. The van der Waals surface area contributed by atoms with E-state index in [-0.39, 0.29) is 6.61 Å². The second-order valence-corrected chi connectivity index (χ2v) is 7.15. The number of nitrogens with two attached hydrogens (primary N) is 1. The predicted octanol–water partition coefficient (Wildman–Crippen LogP) is 2.52. The summed E-state index contributed by atoms with van der Waals surface area (Å²) in [7, 11) is 0. The fourth-order valence-corrected chi connectivity index (χ4v) is 3.75. The van der Waals surface area contributed by atoms with Gasteiger partial charge in [0.15, 0.2) is 5.96 Å². The third kappa shape index (κ3) is 6.00. The maximum absolute atomic E-state index is 9.10. The minimum Gasteiger partial charge on any atom is -0.395 e. The van der Waals surface area contributed by atoms with Crippen molar-refractivity contribution in [3.63, 3.8) is 0 Å². The van der Waals surface area contributed by atoms with Gasteiger partial charge in [0, 0.05) is 18.0 Å². The molecule has 0 aromatic heterocycles. The van der Waals surface area contributed by atoms with Crippen LogP contribution in [0.1, 0.15) is 25.7 Å². The normalized spacial score (nSPS) is 21.5. The van der Waals surface area contributed by atoms with Crippen LogP contribution in [0.3, 0.4) is 0 Å². The van der Waals surface area contributed by atoms with Crippen LogP contribution in [0, 0.1) is 11.8 Å². The molecule has 24 heavy (non-hydrogen) atoms. The highest BCUT2D eigenvalue weighted by Crippen LogP contribution is 2.28. The number of guanidine groups is 1. The highest BCUT2D eigenvalue weighted by molar-refractivity contribution is 7.98. The molecule has 1 aliphatic rings. The van der Waals surface area contributed by atoms with Crippen LogP contribution in [0.15, 0.2) is 34.2 Å². The SMILES string of the molecule is CSc1ccccc1NC(=NCC1CCCC(CN)C1)NCCO. The Morgan fingerprint density at radius 3 is 2.88 bits per heavy atom. The quantitative estimate of drug-likeness (QED) is 0.345. The second-order valence-electron chi connectivity index (χ2n) is 6.30. The van der Waals surface area contributed by atoms with Crippen LogP contribution in [0.2, 0.25) is 0 Å². The van der Waals surface area contributed by atoms with Gasteiger partial charge in [-0.25, -0.2) is 0 Å². The molecule has 5 nitrogen and oxygen atoms in total. The average molecular weight is 351 g/mol. The van der Waals surface area contributed by atoms with Crippen molar-refractivity contribution < 1.29 is 5.11 Å². The van der Waals surface area contributed by atoms with Crippen molar-refractivity contribution in [3.8, 4) is 0 Å². The van der Waals surface area contributed by atoms with E-state index in [2.05, 4.69) is 23.0 Å². The Hall–Kier alpha value is -1.24. The highest BCUT2D eigenvalue weighted by Gasteiger charge is 2.20. The molecule has 0 spiro atoms. The number of aliphatic hydroxyl groups is 1. The molecule has 0 radical (unpaired) electrons. The van der Waals surface area contributed by atoms with Gasteiger partial charge in [-0.2, -0.15) is 0 Å². The molecule has 1 aliphatic carbocycles. The number of rotatable bonds is 7. The fraction of sp³-hybridized carbons (Fsp3) is 0.611. The van der Waals surface area contributed by atoms with E-state index < -0.39 is 0 Å². The van der Waals surface area contributed by atoms with E-state index in [1.807, 2.05) is 18.2 Å². The molecule has 0 saturated heterocycles. The van der Waals surface area contributed by atoms with Gasteiger partial charge >= 0.3 is 0 Å². The molecule has 0 heterocycles. The van der Waals surface area contributed by atoms with Crippen molar-refractivity contribution in [2.45, 2.75) is 30.6 Å². The van der Waals surface area contributed by atoms with Gasteiger partial charge in [0.1, 0.15) is 0 Å². The zero-order valence-electron chi connectivity index (χ0n) is 14.5. The van der Waals surface area contributed by atoms with Gasteiger partial charge in [0.05, 0.1) is 12.3 Å². The maximum Gasteiger partial charge on any atom is 0.195 e. The Morgan fingerprint density at radius 2 is 2.12 bits per heavy atom. The second kappa shape index (κ2) is 10.6. The molecule has 5 N–H and O–H groups in total.